The molecule has 2 N–H and O–H groups in total. The molecule has 0 radical (unpaired) electrons. The Morgan fingerprint density at radius 3 is 2.56 bits per heavy atom. The van der Waals surface area contributed by atoms with E-state index in [9.17, 15) is 17.6 Å². The van der Waals surface area contributed by atoms with Crippen molar-refractivity contribution >= 4 is 37.9 Å². The minimum Gasteiger partial charge on any atom is -0.348 e. The van der Waals surface area contributed by atoms with Crippen molar-refractivity contribution in [1.29, 1.82) is 0 Å². The maximum atomic E-state index is 13.2. The van der Waals surface area contributed by atoms with Crippen LogP contribution in [0.3, 0.4) is 0 Å². The molecule has 0 aromatic heterocycles. The normalized spacial score (nSPS) is 14.4. The largest absolute Gasteiger partial charge is 0.348 e. The summed E-state index contributed by atoms with van der Waals surface area (Å²) in [6.45, 7) is 0.186. The summed E-state index contributed by atoms with van der Waals surface area (Å²) in [4.78, 5) is 12.1. The highest BCUT2D eigenvalue weighted by molar-refractivity contribution is 9.10. The SMILES string of the molecule is O=C(C=Cc1ccc(S(=O)(=O)NC2CC2)cc1)NCc1cc(F)ccc1Br. The Labute approximate surface area is 165 Å². The summed E-state index contributed by atoms with van der Waals surface area (Å²) < 4.78 is 40.8. The average molecular weight is 453 g/mol. The molecule has 0 unspecified atom stereocenters. The van der Waals surface area contributed by atoms with Gasteiger partial charge in [-0.3, -0.25) is 4.79 Å². The van der Waals surface area contributed by atoms with Crippen LogP contribution in [-0.2, 0) is 21.4 Å². The lowest BCUT2D eigenvalue weighted by atomic mass is 10.2. The predicted octanol–water partition coefficient (Wildman–Crippen LogP) is 3.36. The summed E-state index contributed by atoms with van der Waals surface area (Å²) in [6, 6.07) is 10.6. The molecule has 142 valence electrons. The van der Waals surface area contributed by atoms with E-state index in [0.717, 1.165) is 12.8 Å². The molecule has 0 atom stereocenters. The minimum atomic E-state index is -3.48. The van der Waals surface area contributed by atoms with Gasteiger partial charge in [-0.25, -0.2) is 17.5 Å². The first-order chi connectivity index (χ1) is 12.8. The van der Waals surface area contributed by atoms with Crippen molar-refractivity contribution in [2.75, 3.05) is 0 Å². The van der Waals surface area contributed by atoms with E-state index in [2.05, 4.69) is 26.0 Å². The van der Waals surface area contributed by atoms with E-state index in [4.69, 9.17) is 0 Å². The highest BCUT2D eigenvalue weighted by Gasteiger charge is 2.27. The predicted molar refractivity (Wildman–Crippen MR) is 105 cm³/mol. The third kappa shape index (κ3) is 5.72. The van der Waals surface area contributed by atoms with Gasteiger partial charge in [0.15, 0.2) is 0 Å². The van der Waals surface area contributed by atoms with Crippen molar-refractivity contribution in [3.05, 3.63) is 70.0 Å². The van der Waals surface area contributed by atoms with Gasteiger partial charge in [0.2, 0.25) is 15.9 Å². The summed E-state index contributed by atoms with van der Waals surface area (Å²) in [6.07, 6.45) is 4.68. The lowest BCUT2D eigenvalue weighted by Gasteiger charge is -2.06. The van der Waals surface area contributed by atoms with Gasteiger partial charge >= 0.3 is 0 Å². The second-order valence-corrected chi connectivity index (χ2v) is 8.82. The van der Waals surface area contributed by atoms with Gasteiger partial charge < -0.3 is 5.32 Å². The molecule has 8 heteroatoms. The molecule has 3 rings (SSSR count). The Morgan fingerprint density at radius 2 is 1.89 bits per heavy atom. The summed E-state index contributed by atoms with van der Waals surface area (Å²) in [5.74, 6) is -0.706. The molecule has 27 heavy (non-hydrogen) atoms. The van der Waals surface area contributed by atoms with E-state index in [1.54, 1.807) is 24.3 Å². The van der Waals surface area contributed by atoms with Crippen LogP contribution in [0.15, 0.2) is 57.9 Å². The number of carbonyl (C=O) groups is 1. The number of sulfonamides is 1. The smallest absolute Gasteiger partial charge is 0.244 e. The standard InChI is InChI=1S/C19H18BrFN2O3S/c20-18-9-4-15(21)11-14(18)12-22-19(24)10-3-13-1-7-17(8-2-13)27(25,26)23-16-5-6-16/h1-4,7-11,16,23H,5-6,12H2,(H,22,24). The van der Waals surface area contributed by atoms with Gasteiger partial charge in [-0.1, -0.05) is 28.1 Å². The second kappa shape index (κ2) is 8.33. The van der Waals surface area contributed by atoms with E-state index in [0.29, 0.717) is 15.6 Å². The van der Waals surface area contributed by atoms with Crippen LogP contribution in [-0.4, -0.2) is 20.4 Å². The van der Waals surface area contributed by atoms with Crippen LogP contribution in [0.5, 0.6) is 0 Å². The fourth-order valence-corrected chi connectivity index (χ4v) is 4.03. The van der Waals surface area contributed by atoms with Crippen LogP contribution in [0.4, 0.5) is 4.39 Å². The third-order valence-electron chi connectivity index (χ3n) is 3.98. The molecular formula is C19H18BrFN2O3S. The summed E-state index contributed by atoms with van der Waals surface area (Å²) in [7, 11) is -3.48. The molecule has 1 amide bonds. The fraction of sp³-hybridized carbons (Fsp3) is 0.211. The molecule has 0 spiro atoms. The Bertz CT molecular complexity index is 971. The third-order valence-corrected chi connectivity index (χ3v) is 6.29. The lowest BCUT2D eigenvalue weighted by molar-refractivity contribution is -0.116. The lowest BCUT2D eigenvalue weighted by Crippen LogP contribution is -2.25. The number of nitrogens with one attached hydrogen (secondary N) is 2. The highest BCUT2D eigenvalue weighted by atomic mass is 79.9. The van der Waals surface area contributed by atoms with E-state index in [-0.39, 0.29) is 29.2 Å². The fourth-order valence-electron chi connectivity index (χ4n) is 2.34. The van der Waals surface area contributed by atoms with Crippen LogP contribution in [0.2, 0.25) is 0 Å². The second-order valence-electron chi connectivity index (χ2n) is 6.25. The van der Waals surface area contributed by atoms with Gasteiger partial charge in [-0.2, -0.15) is 0 Å². The quantitative estimate of drug-likeness (QED) is 0.632. The number of amides is 1. The minimum absolute atomic E-state index is 0.0522. The van der Waals surface area contributed by atoms with Crippen molar-refractivity contribution in [3.63, 3.8) is 0 Å². The Hall–Kier alpha value is -2.03. The van der Waals surface area contributed by atoms with Crippen LogP contribution >= 0.6 is 15.9 Å². The first kappa shape index (κ1) is 19.7. The number of hydrogen-bond donors (Lipinski definition) is 2. The van der Waals surface area contributed by atoms with Gasteiger partial charge in [0.25, 0.3) is 0 Å². The molecule has 1 saturated carbocycles. The number of rotatable bonds is 7. The molecule has 2 aromatic carbocycles. The summed E-state index contributed by atoms with van der Waals surface area (Å²) >= 11 is 3.31. The van der Waals surface area contributed by atoms with Gasteiger partial charge in [0.05, 0.1) is 4.90 Å². The zero-order valence-electron chi connectivity index (χ0n) is 14.3. The monoisotopic (exact) mass is 452 g/mol. The Morgan fingerprint density at radius 1 is 1.19 bits per heavy atom. The van der Waals surface area contributed by atoms with Crippen molar-refractivity contribution in [3.8, 4) is 0 Å². The van der Waals surface area contributed by atoms with Crippen molar-refractivity contribution < 1.29 is 17.6 Å². The zero-order chi connectivity index (χ0) is 19.4. The molecule has 1 aliphatic carbocycles. The van der Waals surface area contributed by atoms with E-state index in [1.807, 2.05) is 0 Å². The van der Waals surface area contributed by atoms with E-state index < -0.39 is 10.0 Å². The highest BCUT2D eigenvalue weighted by Crippen LogP contribution is 2.22. The number of carbonyl (C=O) groups excluding carboxylic acids is 1. The first-order valence-corrected chi connectivity index (χ1v) is 10.6. The van der Waals surface area contributed by atoms with Gasteiger partial charge in [0, 0.05) is 23.1 Å². The molecule has 0 saturated heterocycles. The molecule has 1 aliphatic rings. The van der Waals surface area contributed by atoms with Crippen molar-refractivity contribution in [2.24, 2.45) is 0 Å². The van der Waals surface area contributed by atoms with E-state index in [1.165, 1.54) is 30.3 Å². The van der Waals surface area contributed by atoms with Crippen molar-refractivity contribution in [1.82, 2.24) is 10.0 Å². The Kier molecular flexibility index (Phi) is 6.08. The van der Waals surface area contributed by atoms with Crippen LogP contribution < -0.4 is 10.0 Å². The molecule has 0 aliphatic heterocycles. The van der Waals surface area contributed by atoms with Gasteiger partial charge in [-0.15, -0.1) is 0 Å². The van der Waals surface area contributed by atoms with Crippen LogP contribution in [0.25, 0.3) is 6.08 Å². The van der Waals surface area contributed by atoms with Crippen molar-refractivity contribution in [2.45, 2.75) is 30.3 Å². The maximum Gasteiger partial charge on any atom is 0.244 e. The molecule has 5 nitrogen and oxygen atoms in total. The summed E-state index contributed by atoms with van der Waals surface area (Å²) in [5.41, 5.74) is 1.33. The maximum absolute atomic E-state index is 13.2. The first-order valence-electron chi connectivity index (χ1n) is 8.36. The molecule has 1 fully saturated rings. The summed E-state index contributed by atoms with van der Waals surface area (Å²) in [5, 5.41) is 2.67. The topological polar surface area (TPSA) is 75.3 Å². The number of benzene rings is 2. The number of halogens is 2. The molecule has 0 bridgehead atoms. The number of hydrogen-bond acceptors (Lipinski definition) is 3. The molecule has 0 heterocycles. The van der Waals surface area contributed by atoms with Crippen LogP contribution in [0, 0.1) is 5.82 Å². The molecular weight excluding hydrogens is 435 g/mol. The van der Waals surface area contributed by atoms with Gasteiger partial charge in [0.1, 0.15) is 5.82 Å². The average Bonchev–Trinajstić information content (AvgIpc) is 3.44. The zero-order valence-corrected chi connectivity index (χ0v) is 16.7. The molecule has 2 aromatic rings. The van der Waals surface area contributed by atoms with Gasteiger partial charge in [-0.05, 0) is 60.4 Å². The van der Waals surface area contributed by atoms with Crippen LogP contribution in [0.1, 0.15) is 24.0 Å². The Balaban J connectivity index is 1.57. The van der Waals surface area contributed by atoms with E-state index >= 15 is 0 Å².